The lowest BCUT2D eigenvalue weighted by atomic mass is 9.95. The van der Waals surface area contributed by atoms with E-state index >= 15 is 0 Å². The van der Waals surface area contributed by atoms with E-state index in [1.165, 1.54) is 21.6 Å². The Kier molecular flexibility index (Phi) is 5.08. The Hall–Kier alpha value is -3.29. The van der Waals surface area contributed by atoms with E-state index in [0.29, 0.717) is 5.65 Å². The molecule has 166 valence electrons. The molecule has 6 heterocycles. The number of nitrogens with zero attached hydrogens (tertiary/aromatic N) is 5. The highest BCUT2D eigenvalue weighted by atomic mass is 32.1. The Morgan fingerprint density at radius 1 is 1.12 bits per heavy atom. The maximum absolute atomic E-state index is 13.0. The first-order chi connectivity index (χ1) is 16.2. The highest BCUT2D eigenvalue weighted by molar-refractivity contribution is 7.11. The van der Waals surface area contributed by atoms with Gasteiger partial charge in [-0.15, -0.1) is 11.3 Å². The molecule has 1 fully saturated rings. The number of rotatable bonds is 3. The van der Waals surface area contributed by atoms with Crippen molar-refractivity contribution in [3.63, 3.8) is 0 Å². The first-order valence-corrected chi connectivity index (χ1v) is 12.3. The van der Waals surface area contributed by atoms with Crippen molar-refractivity contribution in [1.29, 1.82) is 0 Å². The van der Waals surface area contributed by atoms with E-state index in [9.17, 15) is 4.79 Å². The summed E-state index contributed by atoms with van der Waals surface area (Å²) in [7, 11) is 0. The molecule has 0 aliphatic carbocycles. The summed E-state index contributed by atoms with van der Waals surface area (Å²) in [4.78, 5) is 26.1. The van der Waals surface area contributed by atoms with Gasteiger partial charge in [0.25, 0.3) is 5.56 Å². The Morgan fingerprint density at radius 3 is 2.88 bits per heavy atom. The van der Waals surface area contributed by atoms with Crippen LogP contribution in [0.4, 0.5) is 0 Å². The Balaban J connectivity index is 1.22. The maximum Gasteiger partial charge on any atom is 0.261 e. The second kappa shape index (κ2) is 8.24. The molecule has 0 saturated carbocycles. The monoisotopic (exact) mass is 455 g/mol. The van der Waals surface area contributed by atoms with E-state index < -0.39 is 0 Å². The van der Waals surface area contributed by atoms with Gasteiger partial charge in [0.05, 0.1) is 0 Å². The molecule has 0 radical (unpaired) electrons. The third-order valence-corrected chi connectivity index (χ3v) is 7.70. The third-order valence-electron chi connectivity index (χ3n) is 6.76. The minimum Gasteiger partial charge on any atom is -0.307 e. The molecule has 0 atom stereocenters. The topological polar surface area (TPSA) is 55.4 Å². The van der Waals surface area contributed by atoms with Crippen LogP contribution in [0, 0.1) is 6.92 Å². The van der Waals surface area contributed by atoms with Crippen LogP contribution in [-0.4, -0.2) is 43.5 Å². The number of piperidine rings is 1. The second-order valence-corrected chi connectivity index (χ2v) is 9.57. The molecule has 4 aromatic rings. The van der Waals surface area contributed by atoms with Crippen LogP contribution in [0.2, 0.25) is 0 Å². The summed E-state index contributed by atoms with van der Waals surface area (Å²) in [5.41, 5.74) is 6.49. The number of pyridine rings is 1. The molecule has 0 bridgehead atoms. The lowest BCUT2D eigenvalue weighted by molar-refractivity contribution is 0.259. The average Bonchev–Trinajstić information content (AvgIpc) is 3.46. The van der Waals surface area contributed by atoms with Gasteiger partial charge in [-0.2, -0.15) is 0 Å². The standard InChI is InChI=1S/C26H25N5OS/c1-18-21(26(32)31-11-3-2-4-22(31)28-18)8-14-29-12-5-19(6-13-29)23-24-20(9-17-33-24)7-15-30-16-10-27-25(23)30/h2-4,7,9-11,15-17H,5-6,8,12-14H2,1H3. The van der Waals surface area contributed by atoms with Crippen LogP contribution in [0.25, 0.3) is 23.5 Å². The number of imidazole rings is 1. The van der Waals surface area contributed by atoms with Crippen LogP contribution in [0.15, 0.2) is 58.6 Å². The molecule has 0 amide bonds. The normalized spacial score (nSPS) is 16.2. The molecule has 2 aliphatic heterocycles. The summed E-state index contributed by atoms with van der Waals surface area (Å²) in [6.45, 7) is 4.81. The fourth-order valence-electron chi connectivity index (χ4n) is 4.95. The second-order valence-electron chi connectivity index (χ2n) is 8.66. The molecule has 33 heavy (non-hydrogen) atoms. The minimum absolute atomic E-state index is 0.0564. The zero-order valence-corrected chi connectivity index (χ0v) is 19.4. The van der Waals surface area contributed by atoms with Gasteiger partial charge in [-0.1, -0.05) is 11.6 Å². The fourth-order valence-corrected chi connectivity index (χ4v) is 5.93. The van der Waals surface area contributed by atoms with Crippen molar-refractivity contribution < 1.29 is 0 Å². The van der Waals surface area contributed by atoms with Gasteiger partial charge in [0.1, 0.15) is 11.5 Å². The molecule has 0 aromatic carbocycles. The first kappa shape index (κ1) is 20.3. The van der Waals surface area contributed by atoms with Gasteiger partial charge in [0.2, 0.25) is 0 Å². The quantitative estimate of drug-likeness (QED) is 0.406. The third kappa shape index (κ3) is 3.57. The summed E-state index contributed by atoms with van der Waals surface area (Å²) >= 11 is 1.80. The van der Waals surface area contributed by atoms with E-state index in [0.717, 1.165) is 56.0 Å². The number of hydrogen-bond acceptors (Lipinski definition) is 5. The van der Waals surface area contributed by atoms with E-state index in [2.05, 4.69) is 38.2 Å². The lowest BCUT2D eigenvalue weighted by Gasteiger charge is -2.29. The smallest absolute Gasteiger partial charge is 0.261 e. The van der Waals surface area contributed by atoms with Gasteiger partial charge >= 0.3 is 0 Å². The predicted molar refractivity (Wildman–Crippen MR) is 133 cm³/mol. The molecule has 4 aromatic heterocycles. The summed E-state index contributed by atoms with van der Waals surface area (Å²) in [6, 6.07) is 7.86. The molecule has 2 aliphatic rings. The maximum atomic E-state index is 13.0. The van der Waals surface area contributed by atoms with Gasteiger partial charge < -0.3 is 9.47 Å². The highest BCUT2D eigenvalue weighted by Crippen LogP contribution is 2.38. The van der Waals surface area contributed by atoms with Crippen LogP contribution >= 0.6 is 11.3 Å². The largest absolute Gasteiger partial charge is 0.307 e. The van der Waals surface area contributed by atoms with E-state index in [-0.39, 0.29) is 5.56 Å². The van der Waals surface area contributed by atoms with Gasteiger partial charge in [0.15, 0.2) is 0 Å². The van der Waals surface area contributed by atoms with Crippen molar-refractivity contribution in [2.45, 2.75) is 26.2 Å². The number of fused-ring (bicyclic) bond motifs is 3. The van der Waals surface area contributed by atoms with E-state index in [1.807, 2.05) is 37.5 Å². The van der Waals surface area contributed by atoms with Crippen molar-refractivity contribution in [3.05, 3.63) is 91.7 Å². The molecule has 7 heteroatoms. The lowest BCUT2D eigenvalue weighted by Crippen LogP contribution is -2.34. The molecule has 1 saturated heterocycles. The van der Waals surface area contributed by atoms with Gasteiger partial charge in [0, 0.05) is 66.1 Å². The van der Waals surface area contributed by atoms with E-state index in [4.69, 9.17) is 4.98 Å². The van der Waals surface area contributed by atoms with Crippen LogP contribution in [-0.2, 0) is 6.42 Å². The SMILES string of the molecule is Cc1nc2ccccn2c(=O)c1CCN1CCC(=C2c3sccc3C=Cn3ccnc32)CC1. The number of aromatic nitrogens is 4. The molecular weight excluding hydrogens is 430 g/mol. The van der Waals surface area contributed by atoms with Crippen molar-refractivity contribution in [2.24, 2.45) is 0 Å². The zero-order valence-electron chi connectivity index (χ0n) is 18.6. The number of thiophene rings is 1. The summed E-state index contributed by atoms with van der Waals surface area (Å²) in [5, 5.41) is 2.17. The molecule has 0 spiro atoms. The first-order valence-electron chi connectivity index (χ1n) is 11.4. The summed E-state index contributed by atoms with van der Waals surface area (Å²) in [5.74, 6) is 1.04. The summed E-state index contributed by atoms with van der Waals surface area (Å²) in [6.07, 6.45) is 12.8. The van der Waals surface area contributed by atoms with Gasteiger partial charge in [-0.3, -0.25) is 9.20 Å². The van der Waals surface area contributed by atoms with Gasteiger partial charge in [-0.25, -0.2) is 9.97 Å². The number of hydrogen-bond donors (Lipinski definition) is 0. The fraction of sp³-hybridized carbons (Fsp3) is 0.269. The Labute approximate surface area is 196 Å². The van der Waals surface area contributed by atoms with Crippen LogP contribution in [0.3, 0.4) is 0 Å². The number of likely N-dealkylation sites (tertiary alicyclic amines) is 1. The average molecular weight is 456 g/mol. The summed E-state index contributed by atoms with van der Waals surface area (Å²) < 4.78 is 3.78. The zero-order chi connectivity index (χ0) is 22.4. The van der Waals surface area contributed by atoms with Crippen LogP contribution in [0.1, 0.15) is 40.4 Å². The molecular formula is C26H25N5OS. The van der Waals surface area contributed by atoms with Gasteiger partial charge in [-0.05, 0) is 61.4 Å². The molecule has 6 rings (SSSR count). The van der Waals surface area contributed by atoms with Crippen molar-refractivity contribution in [2.75, 3.05) is 19.6 Å². The van der Waals surface area contributed by atoms with Crippen molar-refractivity contribution in [3.8, 4) is 0 Å². The van der Waals surface area contributed by atoms with Crippen LogP contribution in [0.5, 0.6) is 0 Å². The highest BCUT2D eigenvalue weighted by Gasteiger charge is 2.24. The van der Waals surface area contributed by atoms with Crippen molar-refractivity contribution >= 4 is 34.8 Å². The molecule has 6 nitrogen and oxygen atoms in total. The minimum atomic E-state index is 0.0564. The predicted octanol–water partition coefficient (Wildman–Crippen LogP) is 4.34. The van der Waals surface area contributed by atoms with Crippen LogP contribution < -0.4 is 5.56 Å². The molecule has 0 N–H and O–H groups in total. The Bertz CT molecular complexity index is 1420. The Morgan fingerprint density at radius 2 is 2.00 bits per heavy atom. The number of aryl methyl sites for hydroxylation is 1. The molecule has 0 unspecified atom stereocenters. The van der Waals surface area contributed by atoms with E-state index in [1.54, 1.807) is 21.9 Å². The van der Waals surface area contributed by atoms with Crippen molar-refractivity contribution in [1.82, 2.24) is 23.8 Å².